The number of rotatable bonds is 6. The van der Waals surface area contributed by atoms with Crippen LogP contribution in [-0.2, 0) is 6.54 Å². The summed E-state index contributed by atoms with van der Waals surface area (Å²) in [5.41, 5.74) is 2.84. The van der Waals surface area contributed by atoms with Crippen molar-refractivity contribution in [1.82, 2.24) is 4.57 Å². The molecule has 2 heterocycles. The summed E-state index contributed by atoms with van der Waals surface area (Å²) in [5.74, 6) is 1.76. The van der Waals surface area contributed by atoms with Crippen molar-refractivity contribution in [3.8, 4) is 23.3 Å². The van der Waals surface area contributed by atoms with Gasteiger partial charge in [0, 0.05) is 17.0 Å². The number of nitrogens with zero attached hydrogens (tertiary/aromatic N) is 2. The Bertz CT molecular complexity index is 1130. The van der Waals surface area contributed by atoms with E-state index in [2.05, 4.69) is 10.6 Å². The molecule has 1 unspecified atom stereocenters. The number of hydrogen-bond acceptors (Lipinski definition) is 5. The van der Waals surface area contributed by atoms with Gasteiger partial charge in [0.1, 0.15) is 18.4 Å². The first kappa shape index (κ1) is 19.6. The first-order valence-electron chi connectivity index (χ1n) is 9.77. The van der Waals surface area contributed by atoms with Crippen molar-refractivity contribution in [2.24, 2.45) is 0 Å². The van der Waals surface area contributed by atoms with E-state index in [4.69, 9.17) is 19.5 Å². The minimum atomic E-state index is -0.147. The largest absolute Gasteiger partial charge is 0.486 e. The second kappa shape index (κ2) is 8.34. The van der Waals surface area contributed by atoms with Gasteiger partial charge in [0.25, 0.3) is 0 Å². The molecule has 0 fully saturated rings. The molecule has 30 heavy (non-hydrogen) atoms. The number of aromatic nitrogens is 1. The van der Waals surface area contributed by atoms with Crippen LogP contribution in [0.5, 0.6) is 17.2 Å². The highest BCUT2D eigenvalue weighted by Gasteiger charge is 2.24. The zero-order valence-electron chi connectivity index (χ0n) is 16.9. The third-order valence-corrected chi connectivity index (χ3v) is 5.19. The predicted molar refractivity (Wildman–Crippen MR) is 111 cm³/mol. The van der Waals surface area contributed by atoms with Gasteiger partial charge in [-0.2, -0.15) is 5.26 Å². The number of Topliss-reactive ketones (excluding diaryl/α,β-unsaturated/α-hetero) is 1. The van der Waals surface area contributed by atoms with Crippen LogP contribution >= 0.6 is 0 Å². The van der Waals surface area contributed by atoms with Crippen LogP contribution < -0.4 is 14.2 Å². The minimum absolute atomic E-state index is 0.126. The first-order chi connectivity index (χ1) is 14.6. The molecule has 6 nitrogen and oxygen atoms in total. The lowest BCUT2D eigenvalue weighted by Crippen LogP contribution is -2.33. The van der Waals surface area contributed by atoms with Gasteiger partial charge < -0.3 is 18.8 Å². The molecule has 1 atom stereocenters. The molecule has 1 aliphatic heterocycles. The maximum absolute atomic E-state index is 12.8. The number of fused-ring (bicyclic) bond motifs is 1. The van der Waals surface area contributed by atoms with Gasteiger partial charge >= 0.3 is 0 Å². The molecule has 0 bridgehead atoms. The van der Waals surface area contributed by atoms with E-state index in [9.17, 15) is 4.79 Å². The van der Waals surface area contributed by atoms with Crippen LogP contribution in [0.4, 0.5) is 0 Å². The van der Waals surface area contributed by atoms with E-state index in [1.807, 2.05) is 44.2 Å². The third kappa shape index (κ3) is 3.87. The summed E-state index contributed by atoms with van der Waals surface area (Å²) in [5, 5.41) is 9.16. The van der Waals surface area contributed by atoms with Gasteiger partial charge in [0.05, 0.1) is 12.1 Å². The molecule has 0 aliphatic carbocycles. The number of aryl methyl sites for hydroxylation is 1. The fourth-order valence-electron chi connectivity index (χ4n) is 3.63. The number of para-hydroxylation sites is 3. The average Bonchev–Trinajstić information content (AvgIpc) is 3.06. The lowest BCUT2D eigenvalue weighted by atomic mass is 10.1. The van der Waals surface area contributed by atoms with Gasteiger partial charge in [-0.3, -0.25) is 4.79 Å². The van der Waals surface area contributed by atoms with E-state index in [-0.39, 0.29) is 18.5 Å². The molecule has 4 rings (SSSR count). The Morgan fingerprint density at radius 1 is 1.17 bits per heavy atom. The predicted octanol–water partition coefficient (Wildman–Crippen LogP) is 4.08. The van der Waals surface area contributed by atoms with E-state index >= 15 is 0 Å². The lowest BCUT2D eigenvalue weighted by Gasteiger charge is -2.27. The number of ether oxygens (including phenoxy) is 3. The molecule has 1 aliphatic rings. The molecule has 3 aromatic rings. The van der Waals surface area contributed by atoms with Gasteiger partial charge in [-0.05, 0) is 44.2 Å². The summed E-state index contributed by atoms with van der Waals surface area (Å²) in [4.78, 5) is 12.8. The maximum Gasteiger partial charge on any atom is 0.202 e. The van der Waals surface area contributed by atoms with E-state index in [0.29, 0.717) is 30.0 Å². The van der Waals surface area contributed by atoms with Gasteiger partial charge in [-0.15, -0.1) is 0 Å². The summed E-state index contributed by atoms with van der Waals surface area (Å²) in [6.07, 6.45) is -0.147. The van der Waals surface area contributed by atoms with Crippen molar-refractivity contribution < 1.29 is 19.0 Å². The highest BCUT2D eigenvalue weighted by molar-refractivity contribution is 5.98. The summed E-state index contributed by atoms with van der Waals surface area (Å²) in [6, 6.07) is 18.4. The molecule has 0 spiro atoms. The van der Waals surface area contributed by atoms with Crippen LogP contribution in [0.2, 0.25) is 0 Å². The monoisotopic (exact) mass is 402 g/mol. The van der Waals surface area contributed by atoms with Crippen molar-refractivity contribution in [2.75, 3.05) is 13.2 Å². The average molecular weight is 402 g/mol. The smallest absolute Gasteiger partial charge is 0.202 e. The minimum Gasteiger partial charge on any atom is -0.486 e. The van der Waals surface area contributed by atoms with Crippen LogP contribution in [0.15, 0.2) is 54.6 Å². The SMILES string of the molecule is Cc1cc(C(=O)COc2ccccc2C#N)c(C)n1CC1COc2ccccc2O1. The van der Waals surface area contributed by atoms with Crippen LogP contribution in [0.25, 0.3) is 0 Å². The number of benzene rings is 2. The summed E-state index contributed by atoms with van der Waals surface area (Å²) >= 11 is 0. The molecule has 0 amide bonds. The molecule has 0 N–H and O–H groups in total. The Balaban J connectivity index is 1.46. The fraction of sp³-hybridized carbons (Fsp3) is 0.250. The Labute approximate surface area is 175 Å². The molecule has 152 valence electrons. The number of nitriles is 1. The molecular weight excluding hydrogens is 380 g/mol. The van der Waals surface area contributed by atoms with Gasteiger partial charge in [-0.1, -0.05) is 24.3 Å². The fourth-order valence-corrected chi connectivity index (χ4v) is 3.63. The Kier molecular flexibility index (Phi) is 5.44. The van der Waals surface area contributed by atoms with Gasteiger partial charge in [0.2, 0.25) is 5.78 Å². The van der Waals surface area contributed by atoms with Crippen molar-refractivity contribution in [1.29, 1.82) is 5.26 Å². The van der Waals surface area contributed by atoms with Crippen molar-refractivity contribution in [3.05, 3.63) is 77.1 Å². The van der Waals surface area contributed by atoms with Crippen molar-refractivity contribution >= 4 is 5.78 Å². The van der Waals surface area contributed by atoms with Crippen LogP contribution in [0, 0.1) is 25.2 Å². The first-order valence-corrected chi connectivity index (χ1v) is 9.77. The summed E-state index contributed by atoms with van der Waals surface area (Å²) in [7, 11) is 0. The molecule has 6 heteroatoms. The molecule has 1 aromatic heterocycles. The molecule has 2 aromatic carbocycles. The molecular formula is C24H22N2O4. The maximum atomic E-state index is 12.8. The molecule has 0 saturated heterocycles. The van der Waals surface area contributed by atoms with E-state index in [1.165, 1.54) is 0 Å². The Hall–Kier alpha value is -3.72. The topological polar surface area (TPSA) is 73.5 Å². The summed E-state index contributed by atoms with van der Waals surface area (Å²) < 4.78 is 19.5. The van der Waals surface area contributed by atoms with Crippen LogP contribution in [0.3, 0.4) is 0 Å². The molecule has 0 radical (unpaired) electrons. The van der Waals surface area contributed by atoms with Crippen LogP contribution in [0.1, 0.15) is 27.3 Å². The zero-order chi connectivity index (χ0) is 21.1. The quantitative estimate of drug-likeness (QED) is 0.581. The second-order valence-corrected chi connectivity index (χ2v) is 7.21. The Morgan fingerprint density at radius 2 is 1.90 bits per heavy atom. The van der Waals surface area contributed by atoms with Gasteiger partial charge in [0.15, 0.2) is 24.2 Å². The number of carbonyl (C=O) groups excluding carboxylic acids is 1. The van der Waals surface area contributed by atoms with E-state index in [0.717, 1.165) is 22.9 Å². The lowest BCUT2D eigenvalue weighted by molar-refractivity contribution is 0.0777. The Morgan fingerprint density at radius 3 is 2.70 bits per heavy atom. The normalized spacial score (nSPS) is 14.8. The van der Waals surface area contributed by atoms with Crippen molar-refractivity contribution in [3.63, 3.8) is 0 Å². The number of hydrogen-bond donors (Lipinski definition) is 0. The van der Waals surface area contributed by atoms with Gasteiger partial charge in [-0.25, -0.2) is 0 Å². The standard InChI is InChI=1S/C24H22N2O4/c1-16-11-20(21(27)15-29-22-8-4-3-7-18(22)12-25)17(2)26(16)13-19-14-28-23-9-5-6-10-24(23)30-19/h3-11,19H,13-15H2,1-2H3. The van der Waals surface area contributed by atoms with E-state index < -0.39 is 0 Å². The second-order valence-electron chi connectivity index (χ2n) is 7.21. The zero-order valence-corrected chi connectivity index (χ0v) is 16.9. The highest BCUT2D eigenvalue weighted by atomic mass is 16.6. The third-order valence-electron chi connectivity index (χ3n) is 5.19. The van der Waals surface area contributed by atoms with Crippen LogP contribution in [-0.4, -0.2) is 29.7 Å². The number of ketones is 1. The summed E-state index contributed by atoms with van der Waals surface area (Å²) in [6.45, 7) is 4.79. The van der Waals surface area contributed by atoms with Crippen molar-refractivity contribution in [2.45, 2.75) is 26.5 Å². The highest BCUT2D eigenvalue weighted by Crippen LogP contribution is 2.31. The number of carbonyl (C=O) groups is 1. The molecule has 0 saturated carbocycles. The van der Waals surface area contributed by atoms with E-state index in [1.54, 1.807) is 24.3 Å².